The number of likely N-dealkylation sites (tertiary alicyclic amines) is 1. The molecule has 0 saturated carbocycles. The second-order valence-corrected chi connectivity index (χ2v) is 7.21. The predicted molar refractivity (Wildman–Crippen MR) is 98.9 cm³/mol. The number of rotatable bonds is 5. The number of esters is 1. The van der Waals surface area contributed by atoms with Crippen LogP contribution in [0.5, 0.6) is 0 Å². The highest BCUT2D eigenvalue weighted by molar-refractivity contribution is 6.07. The zero-order valence-electron chi connectivity index (χ0n) is 16.4. The van der Waals surface area contributed by atoms with Crippen LogP contribution in [0.15, 0.2) is 12.2 Å². The molecule has 28 heavy (non-hydrogen) atoms. The molecule has 0 aromatic carbocycles. The highest BCUT2D eigenvalue weighted by atomic mass is 16.5. The highest BCUT2D eigenvalue weighted by Crippen LogP contribution is 2.34. The van der Waals surface area contributed by atoms with Crippen molar-refractivity contribution in [2.75, 3.05) is 11.9 Å². The van der Waals surface area contributed by atoms with E-state index in [2.05, 4.69) is 10.4 Å². The number of aryl methyl sites for hydroxylation is 2. The number of carbonyl (C=O) groups excluding carboxylic acids is 4. The predicted octanol–water partition coefficient (Wildman–Crippen LogP) is 0.858. The largest absolute Gasteiger partial charge is 0.451 e. The number of imide groups is 1. The Morgan fingerprint density at radius 2 is 1.79 bits per heavy atom. The zero-order valence-corrected chi connectivity index (χ0v) is 16.4. The molecule has 1 fully saturated rings. The summed E-state index contributed by atoms with van der Waals surface area (Å²) in [5.74, 6) is -2.81. The van der Waals surface area contributed by atoms with Gasteiger partial charge in [-0.3, -0.25) is 28.8 Å². The Balaban J connectivity index is 1.58. The molecule has 0 spiro atoms. The first-order valence-corrected chi connectivity index (χ1v) is 9.21. The molecule has 0 unspecified atom stereocenters. The molecule has 3 amide bonds. The number of ether oxygens (including phenoxy) is 1. The summed E-state index contributed by atoms with van der Waals surface area (Å²) in [4.78, 5) is 50.3. The molecule has 1 aromatic heterocycles. The molecule has 3 atom stereocenters. The van der Waals surface area contributed by atoms with Gasteiger partial charge in [0.2, 0.25) is 11.8 Å². The molecule has 9 nitrogen and oxygen atoms in total. The maximum Gasteiger partial charge on any atom is 0.326 e. The topological polar surface area (TPSA) is 111 Å². The first-order valence-electron chi connectivity index (χ1n) is 9.21. The molecule has 0 bridgehead atoms. The molecule has 1 aromatic rings. The molecule has 3 rings (SSSR count). The number of anilines is 1. The van der Waals surface area contributed by atoms with Gasteiger partial charge >= 0.3 is 5.97 Å². The van der Waals surface area contributed by atoms with Crippen molar-refractivity contribution in [1.29, 1.82) is 0 Å². The van der Waals surface area contributed by atoms with Crippen molar-refractivity contribution in [1.82, 2.24) is 14.7 Å². The van der Waals surface area contributed by atoms with Crippen molar-refractivity contribution in [3.05, 3.63) is 23.5 Å². The van der Waals surface area contributed by atoms with Crippen LogP contribution in [0.25, 0.3) is 0 Å². The maximum absolute atomic E-state index is 12.4. The van der Waals surface area contributed by atoms with E-state index in [1.165, 1.54) is 6.92 Å². The Morgan fingerprint density at radius 1 is 1.21 bits per heavy atom. The molecule has 2 heterocycles. The molecule has 1 N–H and O–H groups in total. The Hall–Kier alpha value is -2.97. The number of allylic oxidation sites excluding steroid dienone is 2. The summed E-state index contributed by atoms with van der Waals surface area (Å²) >= 11 is 0. The quantitative estimate of drug-likeness (QED) is 0.455. The average molecular weight is 388 g/mol. The normalized spacial score (nSPS) is 22.2. The fraction of sp³-hybridized carbons (Fsp3) is 0.526. The van der Waals surface area contributed by atoms with E-state index in [1.54, 1.807) is 18.7 Å². The van der Waals surface area contributed by atoms with Crippen LogP contribution < -0.4 is 5.32 Å². The summed E-state index contributed by atoms with van der Waals surface area (Å²) in [5.41, 5.74) is 1.99. The third-order valence-electron chi connectivity index (χ3n) is 5.32. The Bertz CT molecular complexity index is 846. The van der Waals surface area contributed by atoms with Crippen LogP contribution in [0.2, 0.25) is 0 Å². The SMILES string of the molecule is Cc1nn(C)c(C)c1NC(=O)[C@@H](C)OC(=O)CN1C(=O)[C@H]2CC=CC[C@H]2C1=O. The summed E-state index contributed by atoms with van der Waals surface area (Å²) in [5, 5.41) is 6.91. The monoisotopic (exact) mass is 388 g/mol. The Kier molecular flexibility index (Phi) is 5.35. The van der Waals surface area contributed by atoms with E-state index >= 15 is 0 Å². The Morgan fingerprint density at radius 3 is 2.29 bits per heavy atom. The number of carbonyl (C=O) groups is 4. The van der Waals surface area contributed by atoms with E-state index in [-0.39, 0.29) is 11.8 Å². The van der Waals surface area contributed by atoms with Crippen LogP contribution in [0.1, 0.15) is 31.2 Å². The van der Waals surface area contributed by atoms with Crippen molar-refractivity contribution < 1.29 is 23.9 Å². The molecule has 0 radical (unpaired) electrons. The van der Waals surface area contributed by atoms with Crippen LogP contribution in [0, 0.1) is 25.7 Å². The lowest BCUT2D eigenvalue weighted by Crippen LogP contribution is -2.39. The van der Waals surface area contributed by atoms with Crippen molar-refractivity contribution in [2.24, 2.45) is 18.9 Å². The van der Waals surface area contributed by atoms with Gasteiger partial charge in [0, 0.05) is 7.05 Å². The Labute approximate surface area is 162 Å². The molecular weight excluding hydrogens is 364 g/mol. The van der Waals surface area contributed by atoms with Gasteiger partial charge in [-0.2, -0.15) is 5.10 Å². The van der Waals surface area contributed by atoms with E-state index in [1.807, 2.05) is 19.1 Å². The van der Waals surface area contributed by atoms with E-state index < -0.39 is 36.4 Å². The molecule has 9 heteroatoms. The fourth-order valence-electron chi connectivity index (χ4n) is 3.62. The molecule has 1 saturated heterocycles. The smallest absolute Gasteiger partial charge is 0.326 e. The van der Waals surface area contributed by atoms with E-state index in [0.29, 0.717) is 24.2 Å². The number of aromatic nitrogens is 2. The number of fused-ring (bicyclic) bond motifs is 1. The van der Waals surface area contributed by atoms with Gasteiger partial charge in [0.25, 0.3) is 5.91 Å². The molecule has 150 valence electrons. The second kappa shape index (κ2) is 7.57. The summed E-state index contributed by atoms with van der Waals surface area (Å²) in [7, 11) is 1.76. The van der Waals surface area contributed by atoms with Crippen molar-refractivity contribution >= 4 is 29.4 Å². The lowest BCUT2D eigenvalue weighted by molar-refractivity contribution is -0.158. The van der Waals surface area contributed by atoms with Gasteiger partial charge in [-0.05, 0) is 33.6 Å². The molecule has 1 aliphatic carbocycles. The van der Waals surface area contributed by atoms with Gasteiger partial charge in [-0.1, -0.05) is 12.2 Å². The number of nitrogens with zero attached hydrogens (tertiary/aromatic N) is 3. The minimum atomic E-state index is -1.08. The molecule has 1 aliphatic heterocycles. The first-order chi connectivity index (χ1) is 13.2. The van der Waals surface area contributed by atoms with Gasteiger partial charge in [0.05, 0.1) is 28.9 Å². The number of nitrogens with one attached hydrogen (secondary N) is 1. The van der Waals surface area contributed by atoms with E-state index in [4.69, 9.17) is 4.74 Å². The number of amides is 3. The minimum Gasteiger partial charge on any atom is -0.451 e. The van der Waals surface area contributed by atoms with Gasteiger partial charge in [0.1, 0.15) is 6.54 Å². The summed E-state index contributed by atoms with van der Waals surface area (Å²) in [6.07, 6.45) is 3.68. The number of hydrogen-bond acceptors (Lipinski definition) is 6. The lowest BCUT2D eigenvalue weighted by Gasteiger charge is -2.17. The van der Waals surface area contributed by atoms with E-state index in [9.17, 15) is 19.2 Å². The van der Waals surface area contributed by atoms with Crippen LogP contribution in [-0.4, -0.2) is 51.0 Å². The van der Waals surface area contributed by atoms with E-state index in [0.717, 1.165) is 10.6 Å². The second-order valence-electron chi connectivity index (χ2n) is 7.21. The van der Waals surface area contributed by atoms with Crippen LogP contribution in [-0.2, 0) is 31.0 Å². The van der Waals surface area contributed by atoms with Crippen LogP contribution in [0.4, 0.5) is 5.69 Å². The molecule has 2 aliphatic rings. The van der Waals surface area contributed by atoms with Crippen LogP contribution >= 0.6 is 0 Å². The maximum atomic E-state index is 12.4. The third-order valence-corrected chi connectivity index (χ3v) is 5.32. The van der Waals surface area contributed by atoms with Gasteiger partial charge in [0.15, 0.2) is 6.10 Å². The van der Waals surface area contributed by atoms with Crippen molar-refractivity contribution in [3.8, 4) is 0 Å². The fourth-order valence-corrected chi connectivity index (χ4v) is 3.62. The van der Waals surface area contributed by atoms with Crippen LogP contribution in [0.3, 0.4) is 0 Å². The summed E-state index contributed by atoms with van der Waals surface area (Å²) < 4.78 is 6.78. The van der Waals surface area contributed by atoms with Crippen molar-refractivity contribution in [3.63, 3.8) is 0 Å². The van der Waals surface area contributed by atoms with Crippen molar-refractivity contribution in [2.45, 2.75) is 39.7 Å². The van der Waals surface area contributed by atoms with Gasteiger partial charge in [-0.25, -0.2) is 0 Å². The summed E-state index contributed by atoms with van der Waals surface area (Å²) in [6.45, 7) is 4.53. The first kappa shape index (κ1) is 19.8. The lowest BCUT2D eigenvalue weighted by atomic mass is 9.85. The highest BCUT2D eigenvalue weighted by Gasteiger charge is 2.47. The minimum absolute atomic E-state index is 0.352. The average Bonchev–Trinajstić information content (AvgIpc) is 3.04. The molecular formula is C19H24N4O5. The number of hydrogen-bond donors (Lipinski definition) is 1. The standard InChI is InChI=1S/C19H24N4O5/c1-10-16(11(2)22(4)21-10)20-17(25)12(3)28-15(24)9-23-18(26)13-7-5-6-8-14(13)19(23)27/h5-6,12-14H,7-9H2,1-4H3,(H,20,25)/t12-,13-,14+/m1/s1. The third kappa shape index (κ3) is 3.56. The van der Waals surface area contributed by atoms with Gasteiger partial charge < -0.3 is 10.1 Å². The zero-order chi connectivity index (χ0) is 20.6. The summed E-state index contributed by atoms with van der Waals surface area (Å²) in [6, 6.07) is 0. The van der Waals surface area contributed by atoms with Gasteiger partial charge in [-0.15, -0.1) is 0 Å².